The van der Waals surface area contributed by atoms with Gasteiger partial charge in [-0.2, -0.15) is 0 Å². The predicted octanol–water partition coefficient (Wildman–Crippen LogP) is -0.0997. The van der Waals surface area contributed by atoms with Crippen LogP contribution in [0.2, 0.25) is 0 Å². The summed E-state index contributed by atoms with van der Waals surface area (Å²) in [5.74, 6) is -3.17. The number of benzene rings is 2. The van der Waals surface area contributed by atoms with E-state index in [1.165, 1.54) is 31.2 Å². The van der Waals surface area contributed by atoms with Gasteiger partial charge in [0.25, 0.3) is 0 Å². The van der Waals surface area contributed by atoms with E-state index in [0.717, 1.165) is 11.1 Å². The molecule has 10 N–H and O–H groups in total. The summed E-state index contributed by atoms with van der Waals surface area (Å²) < 4.78 is 0. The average Bonchev–Trinajstić information content (AvgIpc) is 2.76. The third kappa shape index (κ3) is 14.0. The largest absolute Gasteiger partial charge is 0.508 e. The van der Waals surface area contributed by atoms with Gasteiger partial charge in [-0.25, -0.2) is 4.79 Å². The van der Waals surface area contributed by atoms with Crippen molar-refractivity contribution in [1.82, 2.24) is 5.32 Å². The standard InChI is InChI=1S/C11H13NO4.C9H11NO3.C2H5NO2/c1-7(13)12-10(11(15)16)6-8-2-4-9(14)5-3-8;10-8(9(12)13)5-6-1-3-7(11)4-2-6;3-1-2(4)5/h2-5,10,14H,6H2,1H3,(H,12,13)(H,15,16);1-4,8,11H,5,10H2,(H,12,13);1,3H2,(H,4,5). The Morgan fingerprint density at radius 2 is 1.18 bits per heavy atom. The SMILES string of the molecule is CC(=O)NC(Cc1ccc(O)cc1)C(=O)O.NC(Cc1ccc(O)cc1)C(=O)O.NCC(=O)O. The Hall–Kier alpha value is -4.16. The molecule has 2 aromatic rings. The van der Waals surface area contributed by atoms with Gasteiger partial charge in [-0.15, -0.1) is 0 Å². The molecule has 12 heteroatoms. The van der Waals surface area contributed by atoms with Crippen molar-refractivity contribution in [1.29, 1.82) is 0 Å². The molecule has 2 rings (SSSR count). The Morgan fingerprint density at radius 1 is 0.794 bits per heavy atom. The van der Waals surface area contributed by atoms with E-state index in [9.17, 15) is 19.2 Å². The van der Waals surface area contributed by atoms with Crippen LogP contribution in [0.3, 0.4) is 0 Å². The molecule has 0 radical (unpaired) electrons. The molecule has 0 aromatic heterocycles. The minimum absolute atomic E-state index is 0.121. The second-order valence-electron chi connectivity index (χ2n) is 6.88. The van der Waals surface area contributed by atoms with E-state index in [1.807, 2.05) is 0 Å². The number of phenolic OH excluding ortho intramolecular Hbond substituents is 2. The molecule has 0 spiro atoms. The molecule has 34 heavy (non-hydrogen) atoms. The van der Waals surface area contributed by atoms with Crippen molar-refractivity contribution in [2.24, 2.45) is 11.5 Å². The molecule has 1 amide bonds. The second-order valence-corrected chi connectivity index (χ2v) is 6.88. The highest BCUT2D eigenvalue weighted by Crippen LogP contribution is 2.12. The number of amides is 1. The molecule has 12 nitrogen and oxygen atoms in total. The van der Waals surface area contributed by atoms with E-state index in [0.29, 0.717) is 0 Å². The van der Waals surface area contributed by atoms with E-state index in [1.54, 1.807) is 24.3 Å². The fourth-order valence-corrected chi connectivity index (χ4v) is 2.29. The van der Waals surface area contributed by atoms with Crippen LogP contribution < -0.4 is 16.8 Å². The van der Waals surface area contributed by atoms with Gasteiger partial charge in [0.2, 0.25) is 5.91 Å². The first-order chi connectivity index (χ1) is 15.8. The number of carbonyl (C=O) groups excluding carboxylic acids is 1. The van der Waals surface area contributed by atoms with Crippen LogP contribution in [-0.4, -0.2) is 68.0 Å². The maximum atomic E-state index is 10.8. The molecule has 186 valence electrons. The predicted molar refractivity (Wildman–Crippen MR) is 121 cm³/mol. The molecule has 0 saturated carbocycles. The average molecular weight is 479 g/mol. The number of aliphatic carboxylic acids is 3. The molecule has 0 bridgehead atoms. The zero-order valence-electron chi connectivity index (χ0n) is 18.4. The van der Waals surface area contributed by atoms with Crippen molar-refractivity contribution in [3.63, 3.8) is 0 Å². The van der Waals surface area contributed by atoms with Gasteiger partial charge in [-0.3, -0.25) is 14.4 Å². The van der Waals surface area contributed by atoms with Crippen molar-refractivity contribution in [3.8, 4) is 11.5 Å². The molecule has 0 fully saturated rings. The molecule has 0 aliphatic rings. The van der Waals surface area contributed by atoms with Gasteiger partial charge in [0, 0.05) is 13.3 Å². The number of phenols is 2. The number of carboxylic acid groups (broad SMARTS) is 3. The summed E-state index contributed by atoms with van der Waals surface area (Å²) in [5.41, 5.74) is 11.4. The van der Waals surface area contributed by atoms with Gasteiger partial charge in [-0.05, 0) is 41.8 Å². The van der Waals surface area contributed by atoms with Gasteiger partial charge in [0.15, 0.2) is 0 Å². The first-order valence-electron chi connectivity index (χ1n) is 9.81. The van der Waals surface area contributed by atoms with Gasteiger partial charge in [0.1, 0.15) is 23.6 Å². The molecule has 0 heterocycles. The van der Waals surface area contributed by atoms with Gasteiger partial charge < -0.3 is 42.3 Å². The van der Waals surface area contributed by atoms with Crippen LogP contribution >= 0.6 is 0 Å². The highest BCUT2D eigenvalue weighted by molar-refractivity contribution is 5.82. The smallest absolute Gasteiger partial charge is 0.326 e. The lowest BCUT2D eigenvalue weighted by atomic mass is 10.1. The molecule has 0 saturated heterocycles. The van der Waals surface area contributed by atoms with Gasteiger partial charge >= 0.3 is 17.9 Å². The summed E-state index contributed by atoms with van der Waals surface area (Å²) in [5, 5.41) is 45.3. The summed E-state index contributed by atoms with van der Waals surface area (Å²) in [6.45, 7) is 0.993. The number of carboxylic acids is 3. The highest BCUT2D eigenvalue weighted by Gasteiger charge is 2.18. The van der Waals surface area contributed by atoms with Crippen LogP contribution in [0.1, 0.15) is 18.1 Å². The van der Waals surface area contributed by atoms with Crippen LogP contribution in [0.15, 0.2) is 48.5 Å². The van der Waals surface area contributed by atoms with E-state index >= 15 is 0 Å². The highest BCUT2D eigenvalue weighted by atomic mass is 16.4. The van der Waals surface area contributed by atoms with Crippen LogP contribution in [0.5, 0.6) is 11.5 Å². The molecule has 2 unspecified atom stereocenters. The minimum Gasteiger partial charge on any atom is -0.508 e. The zero-order valence-corrected chi connectivity index (χ0v) is 18.4. The molecule has 2 atom stereocenters. The number of rotatable bonds is 8. The summed E-state index contributed by atoms with van der Waals surface area (Å²) in [6, 6.07) is 10.7. The van der Waals surface area contributed by atoms with Crippen molar-refractivity contribution in [2.75, 3.05) is 6.54 Å². The Balaban J connectivity index is 0.000000543. The molecule has 0 aliphatic carbocycles. The lowest BCUT2D eigenvalue weighted by Gasteiger charge is -2.13. The maximum Gasteiger partial charge on any atom is 0.326 e. The second kappa shape index (κ2) is 15.6. The number of hydrogen-bond acceptors (Lipinski definition) is 8. The van der Waals surface area contributed by atoms with E-state index < -0.39 is 30.0 Å². The quantitative estimate of drug-likeness (QED) is 0.249. The number of hydrogen-bond donors (Lipinski definition) is 8. The molecule has 0 aliphatic heterocycles. The van der Waals surface area contributed by atoms with E-state index in [4.69, 9.17) is 31.3 Å². The van der Waals surface area contributed by atoms with Crippen LogP contribution in [0.4, 0.5) is 0 Å². The van der Waals surface area contributed by atoms with Crippen LogP contribution in [-0.2, 0) is 32.0 Å². The Morgan fingerprint density at radius 3 is 1.47 bits per heavy atom. The lowest BCUT2D eigenvalue weighted by molar-refractivity contribution is -0.141. The van der Waals surface area contributed by atoms with Crippen LogP contribution in [0, 0.1) is 0 Å². The van der Waals surface area contributed by atoms with E-state index in [2.05, 4.69) is 11.1 Å². The van der Waals surface area contributed by atoms with Crippen molar-refractivity contribution in [3.05, 3.63) is 59.7 Å². The first kappa shape index (κ1) is 29.8. The minimum atomic E-state index is -1.08. The van der Waals surface area contributed by atoms with Crippen LogP contribution in [0.25, 0.3) is 0 Å². The first-order valence-corrected chi connectivity index (χ1v) is 9.81. The molecular formula is C22H29N3O9. The summed E-state index contributed by atoms with van der Waals surface area (Å²) in [4.78, 5) is 41.3. The summed E-state index contributed by atoms with van der Waals surface area (Å²) >= 11 is 0. The molecule has 2 aromatic carbocycles. The Labute approximate surface area is 195 Å². The fraction of sp³-hybridized carbons (Fsp3) is 0.273. The summed E-state index contributed by atoms with van der Waals surface area (Å²) in [6.07, 6.45) is 0.463. The van der Waals surface area contributed by atoms with Crippen molar-refractivity contribution < 1.29 is 44.7 Å². The van der Waals surface area contributed by atoms with E-state index in [-0.39, 0.29) is 36.8 Å². The Kier molecular flexibility index (Phi) is 13.7. The third-order valence-electron chi connectivity index (χ3n) is 3.94. The molecular weight excluding hydrogens is 450 g/mol. The van der Waals surface area contributed by atoms with Crippen molar-refractivity contribution >= 4 is 23.8 Å². The lowest BCUT2D eigenvalue weighted by Crippen LogP contribution is -2.41. The third-order valence-corrected chi connectivity index (χ3v) is 3.94. The number of aromatic hydroxyl groups is 2. The number of carbonyl (C=O) groups is 4. The number of nitrogens with two attached hydrogens (primary N) is 2. The summed E-state index contributed by atoms with van der Waals surface area (Å²) in [7, 11) is 0. The fourth-order valence-electron chi connectivity index (χ4n) is 2.29. The maximum absolute atomic E-state index is 10.8. The van der Waals surface area contributed by atoms with Crippen molar-refractivity contribution in [2.45, 2.75) is 31.8 Å². The number of nitrogens with one attached hydrogen (secondary N) is 1. The zero-order chi connectivity index (χ0) is 26.3. The van der Waals surface area contributed by atoms with Gasteiger partial charge in [-0.1, -0.05) is 24.3 Å². The topological polar surface area (TPSA) is 233 Å². The van der Waals surface area contributed by atoms with Gasteiger partial charge in [0.05, 0.1) is 6.54 Å². The normalized spacial score (nSPS) is 11.4. The monoisotopic (exact) mass is 479 g/mol. The Bertz CT molecular complexity index is 932.